The predicted octanol–water partition coefficient (Wildman–Crippen LogP) is 1.98. The lowest BCUT2D eigenvalue weighted by atomic mass is 10.1. The number of piperazine rings is 1. The summed E-state index contributed by atoms with van der Waals surface area (Å²) in [6, 6.07) is 11.7. The summed E-state index contributed by atoms with van der Waals surface area (Å²) >= 11 is 0. The second kappa shape index (κ2) is 8.80. The third kappa shape index (κ3) is 4.36. The van der Waals surface area contributed by atoms with Crippen LogP contribution in [0.4, 0.5) is 5.82 Å². The van der Waals surface area contributed by atoms with Crippen molar-refractivity contribution in [2.75, 3.05) is 71.5 Å². The number of likely N-dealkylation sites (N-methyl/N-ethyl adjacent to an activating group) is 1. The first-order valence-corrected chi connectivity index (χ1v) is 10.1. The van der Waals surface area contributed by atoms with Gasteiger partial charge in [-0.1, -0.05) is 0 Å². The fraction of sp³-hybridized carbons (Fsp3) is 0.455. The molecule has 4 rings (SSSR count). The summed E-state index contributed by atoms with van der Waals surface area (Å²) in [7, 11) is 3.74. The number of ether oxygens (including phenoxy) is 2. The van der Waals surface area contributed by atoms with E-state index in [2.05, 4.69) is 16.8 Å². The highest BCUT2D eigenvalue weighted by atomic mass is 16.5. The van der Waals surface area contributed by atoms with E-state index in [1.165, 1.54) is 0 Å². The van der Waals surface area contributed by atoms with Crippen LogP contribution < -0.4 is 9.64 Å². The Morgan fingerprint density at radius 2 is 1.66 bits per heavy atom. The molecule has 2 aromatic rings. The molecule has 2 aliphatic rings. The van der Waals surface area contributed by atoms with Gasteiger partial charge in [0.1, 0.15) is 11.6 Å². The first-order chi connectivity index (χ1) is 14.2. The quantitative estimate of drug-likeness (QED) is 0.788. The second-order valence-electron chi connectivity index (χ2n) is 7.49. The van der Waals surface area contributed by atoms with Crippen LogP contribution in [0.1, 0.15) is 10.4 Å². The van der Waals surface area contributed by atoms with E-state index in [1.807, 2.05) is 41.3 Å². The smallest absolute Gasteiger partial charge is 0.257 e. The molecule has 0 atom stereocenters. The van der Waals surface area contributed by atoms with E-state index < -0.39 is 0 Å². The van der Waals surface area contributed by atoms with E-state index in [4.69, 9.17) is 14.5 Å². The first kappa shape index (κ1) is 19.7. The van der Waals surface area contributed by atoms with Crippen LogP contribution in [0.3, 0.4) is 0 Å². The van der Waals surface area contributed by atoms with Crippen molar-refractivity contribution in [3.8, 4) is 17.0 Å². The number of hydrogen-bond acceptors (Lipinski definition) is 6. The van der Waals surface area contributed by atoms with Gasteiger partial charge in [0.25, 0.3) is 5.91 Å². The molecule has 2 aliphatic heterocycles. The average molecular weight is 396 g/mol. The number of nitrogens with zero attached hydrogens (tertiary/aromatic N) is 4. The van der Waals surface area contributed by atoms with Crippen LogP contribution in [0.2, 0.25) is 0 Å². The molecule has 2 saturated heterocycles. The van der Waals surface area contributed by atoms with Crippen LogP contribution in [-0.4, -0.2) is 87.3 Å². The van der Waals surface area contributed by atoms with E-state index >= 15 is 0 Å². The predicted molar refractivity (Wildman–Crippen MR) is 113 cm³/mol. The molecule has 2 fully saturated rings. The van der Waals surface area contributed by atoms with E-state index in [9.17, 15) is 4.79 Å². The summed E-state index contributed by atoms with van der Waals surface area (Å²) in [6.07, 6.45) is 0. The maximum Gasteiger partial charge on any atom is 0.257 e. The van der Waals surface area contributed by atoms with Crippen molar-refractivity contribution in [3.63, 3.8) is 0 Å². The van der Waals surface area contributed by atoms with Crippen LogP contribution in [-0.2, 0) is 4.74 Å². The minimum absolute atomic E-state index is 0.0633. The molecule has 29 heavy (non-hydrogen) atoms. The molecule has 0 aliphatic carbocycles. The number of carbonyl (C=O) groups excluding carboxylic acids is 1. The van der Waals surface area contributed by atoms with Crippen molar-refractivity contribution in [3.05, 3.63) is 42.0 Å². The molecular weight excluding hydrogens is 368 g/mol. The summed E-state index contributed by atoms with van der Waals surface area (Å²) < 4.78 is 10.8. The largest absolute Gasteiger partial charge is 0.497 e. The van der Waals surface area contributed by atoms with E-state index in [-0.39, 0.29) is 5.91 Å². The molecule has 3 heterocycles. The van der Waals surface area contributed by atoms with Crippen molar-refractivity contribution in [1.82, 2.24) is 14.8 Å². The number of pyridine rings is 1. The minimum atomic E-state index is 0.0633. The molecule has 0 spiro atoms. The van der Waals surface area contributed by atoms with Gasteiger partial charge in [0.2, 0.25) is 0 Å². The number of anilines is 1. The van der Waals surface area contributed by atoms with Gasteiger partial charge in [0.15, 0.2) is 0 Å². The molecule has 7 heteroatoms. The SMILES string of the molecule is COc1ccc(-c2ccc(C(=O)N3CCN(C)CC3)c(N3CCOCC3)n2)cc1. The average Bonchev–Trinajstić information content (AvgIpc) is 2.79. The standard InChI is InChI=1S/C22H28N4O3/c1-24-9-11-26(12-10-24)22(27)19-7-8-20(17-3-5-18(28-2)6-4-17)23-21(19)25-13-15-29-16-14-25/h3-8H,9-16H2,1-2H3. The number of rotatable bonds is 4. The van der Waals surface area contributed by atoms with Gasteiger partial charge in [-0.25, -0.2) is 4.98 Å². The summed E-state index contributed by atoms with van der Waals surface area (Å²) in [5, 5.41) is 0. The van der Waals surface area contributed by atoms with Gasteiger partial charge in [-0.05, 0) is 43.4 Å². The zero-order chi connectivity index (χ0) is 20.2. The third-order valence-corrected chi connectivity index (χ3v) is 5.59. The van der Waals surface area contributed by atoms with Crippen LogP contribution in [0.5, 0.6) is 5.75 Å². The lowest BCUT2D eigenvalue weighted by Crippen LogP contribution is -2.47. The zero-order valence-electron chi connectivity index (χ0n) is 17.1. The number of methoxy groups -OCH3 is 1. The van der Waals surface area contributed by atoms with E-state index in [0.29, 0.717) is 18.8 Å². The fourth-order valence-electron chi connectivity index (χ4n) is 3.73. The van der Waals surface area contributed by atoms with Crippen molar-refractivity contribution >= 4 is 11.7 Å². The van der Waals surface area contributed by atoms with Crippen LogP contribution in [0.15, 0.2) is 36.4 Å². The van der Waals surface area contributed by atoms with E-state index in [0.717, 1.165) is 62.1 Å². The lowest BCUT2D eigenvalue weighted by Gasteiger charge is -2.34. The highest BCUT2D eigenvalue weighted by Gasteiger charge is 2.26. The Hall–Kier alpha value is -2.64. The van der Waals surface area contributed by atoms with Gasteiger partial charge in [-0.3, -0.25) is 4.79 Å². The Morgan fingerprint density at radius 3 is 2.31 bits per heavy atom. The maximum atomic E-state index is 13.3. The molecule has 0 saturated carbocycles. The number of morpholine rings is 1. The highest BCUT2D eigenvalue weighted by molar-refractivity contribution is 5.99. The summed E-state index contributed by atoms with van der Waals surface area (Å²) in [5.74, 6) is 1.63. The Kier molecular flexibility index (Phi) is 5.97. The minimum Gasteiger partial charge on any atom is -0.497 e. The Morgan fingerprint density at radius 1 is 0.966 bits per heavy atom. The monoisotopic (exact) mass is 396 g/mol. The van der Waals surface area contributed by atoms with Gasteiger partial charge in [0, 0.05) is 44.8 Å². The molecule has 0 N–H and O–H groups in total. The molecule has 0 unspecified atom stereocenters. The molecular formula is C22H28N4O3. The molecule has 1 aromatic heterocycles. The number of carbonyl (C=O) groups is 1. The van der Waals surface area contributed by atoms with Crippen LogP contribution in [0, 0.1) is 0 Å². The van der Waals surface area contributed by atoms with Crippen molar-refractivity contribution < 1.29 is 14.3 Å². The third-order valence-electron chi connectivity index (χ3n) is 5.59. The topological polar surface area (TPSA) is 58.1 Å². The van der Waals surface area contributed by atoms with Crippen molar-refractivity contribution in [1.29, 1.82) is 0 Å². The first-order valence-electron chi connectivity index (χ1n) is 10.1. The Labute approximate surface area is 171 Å². The highest BCUT2D eigenvalue weighted by Crippen LogP contribution is 2.27. The van der Waals surface area contributed by atoms with Gasteiger partial charge in [-0.2, -0.15) is 0 Å². The molecule has 7 nitrogen and oxygen atoms in total. The normalized spacial score (nSPS) is 18.0. The second-order valence-corrected chi connectivity index (χ2v) is 7.49. The molecule has 154 valence electrons. The van der Waals surface area contributed by atoms with Crippen LogP contribution >= 0.6 is 0 Å². The van der Waals surface area contributed by atoms with Crippen molar-refractivity contribution in [2.24, 2.45) is 0 Å². The van der Waals surface area contributed by atoms with Gasteiger partial charge in [-0.15, -0.1) is 0 Å². The summed E-state index contributed by atoms with van der Waals surface area (Å²) in [5.41, 5.74) is 2.52. The zero-order valence-corrected chi connectivity index (χ0v) is 17.1. The summed E-state index contributed by atoms with van der Waals surface area (Å²) in [4.78, 5) is 24.6. The van der Waals surface area contributed by atoms with Crippen molar-refractivity contribution in [2.45, 2.75) is 0 Å². The molecule has 0 radical (unpaired) electrons. The molecule has 1 aromatic carbocycles. The number of benzene rings is 1. The summed E-state index contributed by atoms with van der Waals surface area (Å²) in [6.45, 7) is 6.07. The van der Waals surface area contributed by atoms with Gasteiger partial charge in [0.05, 0.1) is 31.6 Å². The Balaban J connectivity index is 1.67. The van der Waals surface area contributed by atoms with Crippen LogP contribution in [0.25, 0.3) is 11.3 Å². The van der Waals surface area contributed by atoms with E-state index in [1.54, 1.807) is 7.11 Å². The number of aromatic nitrogens is 1. The fourth-order valence-corrected chi connectivity index (χ4v) is 3.73. The number of amides is 1. The number of hydrogen-bond donors (Lipinski definition) is 0. The maximum absolute atomic E-state index is 13.3. The lowest BCUT2D eigenvalue weighted by molar-refractivity contribution is 0.0663. The van der Waals surface area contributed by atoms with Gasteiger partial charge >= 0.3 is 0 Å². The van der Waals surface area contributed by atoms with Gasteiger partial charge < -0.3 is 24.2 Å². The Bertz CT molecular complexity index is 842. The molecule has 0 bridgehead atoms. The molecule has 1 amide bonds.